The first-order valence-corrected chi connectivity index (χ1v) is 13.1. The molecule has 1 aliphatic heterocycles. The van der Waals surface area contributed by atoms with Crippen LogP contribution in [0.5, 0.6) is 0 Å². The molecular formula is C27H28N2O5S. The first kappa shape index (κ1) is 24.6. The molecule has 0 aliphatic carbocycles. The van der Waals surface area contributed by atoms with Gasteiger partial charge in [-0.1, -0.05) is 61.4 Å². The maximum Gasteiger partial charge on any atom is 0.338 e. The number of nitrogens with one attached hydrogen (secondary N) is 1. The van der Waals surface area contributed by atoms with Gasteiger partial charge in [-0.15, -0.1) is 0 Å². The maximum atomic E-state index is 12.9. The van der Waals surface area contributed by atoms with Crippen LogP contribution < -0.4 is 5.32 Å². The van der Waals surface area contributed by atoms with E-state index in [4.69, 9.17) is 4.74 Å². The van der Waals surface area contributed by atoms with E-state index in [-0.39, 0.29) is 10.5 Å². The quantitative estimate of drug-likeness (QED) is 0.482. The normalized spacial score (nSPS) is 14.6. The number of esters is 1. The molecule has 3 aromatic rings. The van der Waals surface area contributed by atoms with Crippen molar-refractivity contribution in [2.24, 2.45) is 0 Å². The monoisotopic (exact) mass is 492 g/mol. The second-order valence-corrected chi connectivity index (χ2v) is 10.3. The van der Waals surface area contributed by atoms with Crippen molar-refractivity contribution in [2.45, 2.75) is 30.6 Å². The number of benzene rings is 3. The summed E-state index contributed by atoms with van der Waals surface area (Å²) in [5.74, 6) is -1.17. The summed E-state index contributed by atoms with van der Waals surface area (Å²) < 4.78 is 32.5. The predicted octanol–water partition coefficient (Wildman–Crippen LogP) is 4.71. The fourth-order valence-corrected chi connectivity index (χ4v) is 5.57. The molecule has 1 heterocycles. The average Bonchev–Trinajstić information content (AvgIpc) is 3.19. The van der Waals surface area contributed by atoms with Crippen LogP contribution in [0.3, 0.4) is 0 Å². The number of ether oxygens (including phenoxy) is 1. The Morgan fingerprint density at radius 2 is 1.43 bits per heavy atom. The molecule has 8 heteroatoms. The number of para-hydroxylation sites is 1. The van der Waals surface area contributed by atoms with E-state index in [0.717, 1.165) is 36.8 Å². The van der Waals surface area contributed by atoms with E-state index in [9.17, 15) is 18.0 Å². The van der Waals surface area contributed by atoms with E-state index >= 15 is 0 Å². The Morgan fingerprint density at radius 3 is 2.11 bits per heavy atom. The Bertz CT molecular complexity index is 1270. The summed E-state index contributed by atoms with van der Waals surface area (Å²) in [7, 11) is -3.60. The Labute approximate surface area is 205 Å². The smallest absolute Gasteiger partial charge is 0.338 e. The third-order valence-electron chi connectivity index (χ3n) is 5.91. The zero-order chi connectivity index (χ0) is 24.7. The van der Waals surface area contributed by atoms with Crippen molar-refractivity contribution in [3.05, 3.63) is 84.4 Å². The van der Waals surface area contributed by atoms with Gasteiger partial charge in [-0.25, -0.2) is 13.2 Å². The van der Waals surface area contributed by atoms with Crippen LogP contribution in [0.4, 0.5) is 5.69 Å². The molecule has 4 rings (SSSR count). The number of anilines is 1. The molecule has 1 fully saturated rings. The van der Waals surface area contributed by atoms with Crippen molar-refractivity contribution in [3.8, 4) is 11.1 Å². The lowest BCUT2D eigenvalue weighted by molar-refractivity contribution is -0.119. The Morgan fingerprint density at radius 1 is 0.800 bits per heavy atom. The number of carbonyl (C=O) groups excluding carboxylic acids is 2. The lowest BCUT2D eigenvalue weighted by Gasteiger charge is -2.20. The van der Waals surface area contributed by atoms with Gasteiger partial charge in [0.05, 0.1) is 10.5 Å². The molecule has 0 saturated carbocycles. The summed E-state index contributed by atoms with van der Waals surface area (Å²) in [6, 6.07) is 22.7. The SMILES string of the molecule is O=C(COC(=O)c1ccc(S(=O)(=O)N2CCCCCC2)cc1)Nc1ccccc1-c1ccccc1. The maximum absolute atomic E-state index is 12.9. The first-order valence-electron chi connectivity index (χ1n) is 11.7. The summed E-state index contributed by atoms with van der Waals surface area (Å²) in [5, 5.41) is 2.79. The number of carbonyl (C=O) groups is 2. The topological polar surface area (TPSA) is 92.8 Å². The second-order valence-electron chi connectivity index (χ2n) is 8.38. The molecule has 1 N–H and O–H groups in total. The fraction of sp³-hybridized carbons (Fsp3) is 0.259. The van der Waals surface area contributed by atoms with Gasteiger partial charge in [0.25, 0.3) is 5.91 Å². The third kappa shape index (κ3) is 6.15. The summed E-state index contributed by atoms with van der Waals surface area (Å²) in [6.07, 6.45) is 3.76. The minimum atomic E-state index is -3.60. The van der Waals surface area contributed by atoms with E-state index in [1.165, 1.54) is 28.6 Å². The van der Waals surface area contributed by atoms with Crippen LogP contribution in [0.2, 0.25) is 0 Å². The number of hydrogen-bond acceptors (Lipinski definition) is 5. The molecule has 0 aromatic heterocycles. The molecular weight excluding hydrogens is 464 g/mol. The standard InChI is InChI=1S/C27H28N2O5S/c30-26(28-25-13-7-6-12-24(25)21-10-4-3-5-11-21)20-34-27(31)22-14-16-23(17-15-22)35(32,33)29-18-8-1-2-9-19-29/h3-7,10-17H,1-2,8-9,18-20H2,(H,28,30). The van der Waals surface area contributed by atoms with Crippen molar-refractivity contribution in [1.82, 2.24) is 4.31 Å². The number of nitrogens with zero attached hydrogens (tertiary/aromatic N) is 1. The Hall–Kier alpha value is -3.49. The molecule has 0 radical (unpaired) electrons. The zero-order valence-electron chi connectivity index (χ0n) is 19.4. The lowest BCUT2D eigenvalue weighted by atomic mass is 10.0. The van der Waals surface area contributed by atoms with Gasteiger partial charge in [-0.2, -0.15) is 4.31 Å². The summed E-state index contributed by atoms with van der Waals surface area (Å²) >= 11 is 0. The van der Waals surface area contributed by atoms with Crippen molar-refractivity contribution >= 4 is 27.6 Å². The van der Waals surface area contributed by atoms with E-state index in [2.05, 4.69) is 5.32 Å². The summed E-state index contributed by atoms with van der Waals surface area (Å²) in [5.41, 5.74) is 2.60. The van der Waals surface area contributed by atoms with Crippen LogP contribution in [-0.2, 0) is 19.6 Å². The van der Waals surface area contributed by atoms with Crippen LogP contribution >= 0.6 is 0 Å². The highest BCUT2D eigenvalue weighted by atomic mass is 32.2. The average molecular weight is 493 g/mol. The minimum Gasteiger partial charge on any atom is -0.452 e. The van der Waals surface area contributed by atoms with E-state index < -0.39 is 28.5 Å². The number of hydrogen-bond donors (Lipinski definition) is 1. The van der Waals surface area contributed by atoms with Crippen molar-refractivity contribution in [1.29, 1.82) is 0 Å². The molecule has 182 valence electrons. The van der Waals surface area contributed by atoms with E-state index in [1.807, 2.05) is 48.5 Å². The first-order chi connectivity index (χ1) is 16.9. The number of sulfonamides is 1. The molecule has 1 saturated heterocycles. The molecule has 0 atom stereocenters. The zero-order valence-corrected chi connectivity index (χ0v) is 20.2. The van der Waals surface area contributed by atoms with Crippen LogP contribution in [0.25, 0.3) is 11.1 Å². The molecule has 0 bridgehead atoms. The highest BCUT2D eigenvalue weighted by Crippen LogP contribution is 2.27. The third-order valence-corrected chi connectivity index (χ3v) is 7.83. The Kier molecular flexibility index (Phi) is 7.94. The van der Waals surface area contributed by atoms with Gasteiger partial charge >= 0.3 is 5.97 Å². The highest BCUT2D eigenvalue weighted by molar-refractivity contribution is 7.89. The fourth-order valence-electron chi connectivity index (χ4n) is 4.06. The van der Waals surface area contributed by atoms with E-state index in [1.54, 1.807) is 6.07 Å². The van der Waals surface area contributed by atoms with Crippen molar-refractivity contribution in [2.75, 3.05) is 25.0 Å². The van der Waals surface area contributed by atoms with Crippen LogP contribution in [-0.4, -0.2) is 44.3 Å². The second kappa shape index (κ2) is 11.3. The van der Waals surface area contributed by atoms with Crippen LogP contribution in [0, 0.1) is 0 Å². The molecule has 1 amide bonds. The molecule has 0 spiro atoms. The van der Waals surface area contributed by atoms with Gasteiger partial charge in [0.2, 0.25) is 10.0 Å². The van der Waals surface area contributed by atoms with Gasteiger partial charge in [-0.05, 0) is 48.7 Å². The summed E-state index contributed by atoms with van der Waals surface area (Å²) in [6.45, 7) is 0.555. The lowest BCUT2D eigenvalue weighted by Crippen LogP contribution is -2.31. The minimum absolute atomic E-state index is 0.145. The number of amides is 1. The number of rotatable bonds is 7. The van der Waals surface area contributed by atoms with Crippen molar-refractivity contribution in [3.63, 3.8) is 0 Å². The van der Waals surface area contributed by atoms with Gasteiger partial charge in [-0.3, -0.25) is 4.79 Å². The molecule has 7 nitrogen and oxygen atoms in total. The molecule has 35 heavy (non-hydrogen) atoms. The van der Waals surface area contributed by atoms with Gasteiger partial charge < -0.3 is 10.1 Å². The van der Waals surface area contributed by atoms with Gasteiger partial charge in [0.1, 0.15) is 0 Å². The van der Waals surface area contributed by atoms with Crippen molar-refractivity contribution < 1.29 is 22.7 Å². The van der Waals surface area contributed by atoms with E-state index in [0.29, 0.717) is 18.8 Å². The summed E-state index contributed by atoms with van der Waals surface area (Å²) in [4.78, 5) is 25.0. The predicted molar refractivity (Wildman–Crippen MR) is 134 cm³/mol. The molecule has 3 aromatic carbocycles. The van der Waals surface area contributed by atoms with Crippen LogP contribution in [0.15, 0.2) is 83.8 Å². The molecule has 1 aliphatic rings. The van der Waals surface area contributed by atoms with Crippen LogP contribution in [0.1, 0.15) is 36.0 Å². The largest absolute Gasteiger partial charge is 0.452 e. The van der Waals surface area contributed by atoms with Gasteiger partial charge in [0.15, 0.2) is 6.61 Å². The van der Waals surface area contributed by atoms with Gasteiger partial charge in [0, 0.05) is 24.3 Å². The molecule has 0 unspecified atom stereocenters. The highest BCUT2D eigenvalue weighted by Gasteiger charge is 2.25. The Balaban J connectivity index is 1.36.